The highest BCUT2D eigenvalue weighted by Gasteiger charge is 2.09. The van der Waals surface area contributed by atoms with E-state index in [-0.39, 0.29) is 5.69 Å². The molecule has 0 unspecified atom stereocenters. The minimum atomic E-state index is -0.0510. The zero-order chi connectivity index (χ0) is 15.5. The molecule has 3 rings (SSSR count). The summed E-state index contributed by atoms with van der Waals surface area (Å²) in [6.07, 6.45) is 5.40. The van der Waals surface area contributed by atoms with Crippen molar-refractivity contribution in [2.75, 3.05) is 19.6 Å². The van der Waals surface area contributed by atoms with Gasteiger partial charge in [0.25, 0.3) is 0 Å². The van der Waals surface area contributed by atoms with E-state index in [0.29, 0.717) is 6.54 Å². The number of fused-ring (bicyclic) bond motifs is 1. The lowest BCUT2D eigenvalue weighted by atomic mass is 10.2. The van der Waals surface area contributed by atoms with Gasteiger partial charge in [-0.05, 0) is 31.3 Å². The third-order valence-electron chi connectivity index (χ3n) is 4.10. The molecule has 2 heterocycles. The third-order valence-corrected chi connectivity index (χ3v) is 4.10. The molecule has 3 aromatic rings. The van der Waals surface area contributed by atoms with Gasteiger partial charge in [0.2, 0.25) is 0 Å². The Morgan fingerprint density at radius 1 is 1.27 bits per heavy atom. The van der Waals surface area contributed by atoms with E-state index < -0.39 is 0 Å². The van der Waals surface area contributed by atoms with Crippen LogP contribution in [0.5, 0.6) is 0 Å². The molecule has 0 amide bonds. The van der Waals surface area contributed by atoms with Crippen LogP contribution in [0.1, 0.15) is 13.8 Å². The van der Waals surface area contributed by atoms with Crippen LogP contribution in [0.25, 0.3) is 16.7 Å². The first kappa shape index (κ1) is 14.6. The Morgan fingerprint density at radius 3 is 2.77 bits per heavy atom. The molecule has 0 saturated carbocycles. The van der Waals surface area contributed by atoms with Gasteiger partial charge in [-0.1, -0.05) is 13.8 Å². The second kappa shape index (κ2) is 6.19. The van der Waals surface area contributed by atoms with E-state index in [0.717, 1.165) is 36.4 Å². The summed E-state index contributed by atoms with van der Waals surface area (Å²) in [6, 6.07) is 5.95. The summed E-state index contributed by atoms with van der Waals surface area (Å²) >= 11 is 0. The Morgan fingerprint density at radius 2 is 2.09 bits per heavy atom. The summed E-state index contributed by atoms with van der Waals surface area (Å²) in [5.74, 6) is 0. The molecule has 0 atom stereocenters. The number of aromatic nitrogens is 4. The van der Waals surface area contributed by atoms with Crippen LogP contribution < -0.4 is 5.69 Å². The summed E-state index contributed by atoms with van der Waals surface area (Å²) in [4.78, 5) is 21.5. The molecule has 1 N–H and O–H groups in total. The fraction of sp³-hybridized carbons (Fsp3) is 0.375. The van der Waals surface area contributed by atoms with E-state index in [4.69, 9.17) is 0 Å². The Kier molecular flexibility index (Phi) is 4.11. The highest BCUT2D eigenvalue weighted by Crippen LogP contribution is 2.16. The average molecular weight is 299 g/mol. The number of hydrogen-bond acceptors (Lipinski definition) is 3. The third kappa shape index (κ3) is 2.69. The maximum absolute atomic E-state index is 12.2. The largest absolute Gasteiger partial charge is 0.326 e. The molecule has 0 aliphatic rings. The van der Waals surface area contributed by atoms with Crippen LogP contribution in [-0.4, -0.2) is 43.6 Å². The first-order chi connectivity index (χ1) is 10.7. The number of rotatable bonds is 6. The molecular weight excluding hydrogens is 278 g/mol. The number of benzene rings is 1. The van der Waals surface area contributed by atoms with Gasteiger partial charge < -0.3 is 14.5 Å². The maximum Gasteiger partial charge on any atom is 0.326 e. The Labute approximate surface area is 129 Å². The van der Waals surface area contributed by atoms with Gasteiger partial charge in [-0.2, -0.15) is 0 Å². The second-order valence-electron chi connectivity index (χ2n) is 5.28. The lowest BCUT2D eigenvalue weighted by Crippen LogP contribution is -2.30. The fourth-order valence-electron chi connectivity index (χ4n) is 2.72. The van der Waals surface area contributed by atoms with Gasteiger partial charge in [0, 0.05) is 31.2 Å². The minimum Gasteiger partial charge on any atom is -0.306 e. The van der Waals surface area contributed by atoms with Crippen molar-refractivity contribution in [1.29, 1.82) is 0 Å². The van der Waals surface area contributed by atoms with Crippen molar-refractivity contribution in [3.8, 4) is 5.69 Å². The molecule has 2 aromatic heterocycles. The predicted molar refractivity (Wildman–Crippen MR) is 87.5 cm³/mol. The van der Waals surface area contributed by atoms with Crippen LogP contribution >= 0.6 is 0 Å². The molecule has 6 nitrogen and oxygen atoms in total. The lowest BCUT2D eigenvalue weighted by Gasteiger charge is -2.18. The van der Waals surface area contributed by atoms with Crippen molar-refractivity contribution < 1.29 is 0 Å². The van der Waals surface area contributed by atoms with Gasteiger partial charge in [-0.3, -0.25) is 4.57 Å². The van der Waals surface area contributed by atoms with Crippen molar-refractivity contribution >= 4 is 11.0 Å². The van der Waals surface area contributed by atoms with Crippen molar-refractivity contribution in [3.63, 3.8) is 0 Å². The molecule has 0 fully saturated rings. The van der Waals surface area contributed by atoms with E-state index in [2.05, 4.69) is 28.7 Å². The zero-order valence-electron chi connectivity index (χ0n) is 13.0. The van der Waals surface area contributed by atoms with Crippen LogP contribution in [0.3, 0.4) is 0 Å². The lowest BCUT2D eigenvalue weighted by molar-refractivity contribution is 0.290. The summed E-state index contributed by atoms with van der Waals surface area (Å²) in [7, 11) is 0. The zero-order valence-corrected chi connectivity index (χ0v) is 13.0. The van der Waals surface area contributed by atoms with Crippen molar-refractivity contribution in [1.82, 2.24) is 24.0 Å². The molecule has 0 bridgehead atoms. The van der Waals surface area contributed by atoms with Crippen molar-refractivity contribution in [2.45, 2.75) is 20.4 Å². The topological polar surface area (TPSA) is 58.9 Å². The average Bonchev–Trinajstić information content (AvgIpc) is 3.16. The number of H-pyrrole nitrogens is 1. The Balaban J connectivity index is 1.96. The van der Waals surface area contributed by atoms with E-state index >= 15 is 0 Å². The van der Waals surface area contributed by atoms with E-state index in [9.17, 15) is 4.79 Å². The smallest absolute Gasteiger partial charge is 0.306 e. The van der Waals surface area contributed by atoms with Crippen molar-refractivity contribution in [3.05, 3.63) is 47.4 Å². The monoisotopic (exact) mass is 299 g/mol. The number of nitrogens with one attached hydrogen (secondary N) is 1. The molecule has 116 valence electrons. The Hall–Kier alpha value is -2.34. The molecule has 6 heteroatoms. The van der Waals surface area contributed by atoms with Crippen LogP contribution in [0.4, 0.5) is 0 Å². The Bertz CT molecular complexity index is 796. The van der Waals surface area contributed by atoms with E-state index in [1.165, 1.54) is 0 Å². The molecule has 22 heavy (non-hydrogen) atoms. The van der Waals surface area contributed by atoms with Crippen LogP contribution in [0.15, 0.2) is 41.7 Å². The molecule has 0 aliphatic carbocycles. The van der Waals surface area contributed by atoms with Gasteiger partial charge in [0.1, 0.15) is 0 Å². The minimum absolute atomic E-state index is 0.0510. The SMILES string of the molecule is CCN(CC)CCn1c(=O)[nH]c2ccc(-n3ccnc3)cc21. The standard InChI is InChI=1S/C16H21N5O/c1-3-19(4-2)9-10-21-15-11-13(20-8-7-17-12-20)5-6-14(15)18-16(21)22/h5-8,11-12H,3-4,9-10H2,1-2H3,(H,18,22). The summed E-state index contributed by atoms with van der Waals surface area (Å²) in [6.45, 7) is 7.82. The quantitative estimate of drug-likeness (QED) is 0.756. The van der Waals surface area contributed by atoms with Gasteiger partial charge in [0.15, 0.2) is 0 Å². The maximum atomic E-state index is 12.2. The van der Waals surface area contributed by atoms with Crippen LogP contribution in [-0.2, 0) is 6.54 Å². The summed E-state index contributed by atoms with van der Waals surface area (Å²) in [5, 5.41) is 0. The first-order valence-electron chi connectivity index (χ1n) is 7.66. The molecular formula is C16H21N5O. The van der Waals surface area contributed by atoms with Crippen molar-refractivity contribution in [2.24, 2.45) is 0 Å². The van der Waals surface area contributed by atoms with Crippen LogP contribution in [0.2, 0.25) is 0 Å². The summed E-state index contributed by atoms with van der Waals surface area (Å²) < 4.78 is 3.75. The highest BCUT2D eigenvalue weighted by atomic mass is 16.1. The predicted octanol–water partition coefficient (Wildman–Crippen LogP) is 1.86. The fourth-order valence-corrected chi connectivity index (χ4v) is 2.72. The number of aromatic amines is 1. The molecule has 0 aliphatic heterocycles. The summed E-state index contributed by atoms with van der Waals surface area (Å²) in [5.41, 5.74) is 2.75. The van der Waals surface area contributed by atoms with Gasteiger partial charge in [0.05, 0.1) is 17.4 Å². The van der Waals surface area contributed by atoms with Gasteiger partial charge in [-0.15, -0.1) is 0 Å². The van der Waals surface area contributed by atoms with E-state index in [1.54, 1.807) is 12.5 Å². The molecule has 0 spiro atoms. The van der Waals surface area contributed by atoms with Gasteiger partial charge >= 0.3 is 5.69 Å². The normalized spacial score (nSPS) is 11.6. The number of imidazole rings is 2. The highest BCUT2D eigenvalue weighted by molar-refractivity contribution is 5.77. The van der Waals surface area contributed by atoms with Gasteiger partial charge in [-0.25, -0.2) is 9.78 Å². The first-order valence-corrected chi connectivity index (χ1v) is 7.66. The van der Waals surface area contributed by atoms with Crippen LogP contribution in [0, 0.1) is 0 Å². The second-order valence-corrected chi connectivity index (χ2v) is 5.28. The number of hydrogen-bond donors (Lipinski definition) is 1. The number of nitrogens with zero attached hydrogens (tertiary/aromatic N) is 4. The van der Waals surface area contributed by atoms with E-state index in [1.807, 2.05) is 33.5 Å². The number of likely N-dealkylation sites (N-methyl/N-ethyl adjacent to an activating group) is 1. The molecule has 0 radical (unpaired) electrons. The molecule has 0 saturated heterocycles. The molecule has 1 aromatic carbocycles.